The molecule has 0 N–H and O–H groups in total. The third-order valence-electron chi connectivity index (χ3n) is 3.20. The Hall–Kier alpha value is -2.29. The maximum Gasteiger partial charge on any atom is 0.410 e. The molecule has 0 unspecified atom stereocenters. The second kappa shape index (κ2) is 6.65. The molecule has 0 radical (unpaired) electrons. The molecule has 0 bridgehead atoms. The van der Waals surface area contributed by atoms with Crippen LogP contribution in [0, 0.1) is 11.3 Å². The number of nitrogens with zero attached hydrogens (tertiary/aromatic N) is 3. The summed E-state index contributed by atoms with van der Waals surface area (Å²) in [6.45, 7) is 6.63. The molecule has 1 aliphatic rings. The van der Waals surface area contributed by atoms with Gasteiger partial charge in [0.25, 0.3) is 0 Å². The molecule has 1 aromatic rings. The molecule has 2 rings (SSSR count). The molecule has 0 aliphatic carbocycles. The van der Waals surface area contributed by atoms with Gasteiger partial charge in [-0.15, -0.1) is 0 Å². The van der Waals surface area contributed by atoms with Gasteiger partial charge in [0.1, 0.15) is 23.3 Å². The molecule has 0 spiro atoms. The number of pyridine rings is 1. The maximum atomic E-state index is 12.1. The second-order valence-electron chi connectivity index (χ2n) is 6.28. The van der Waals surface area contributed by atoms with Crippen molar-refractivity contribution in [3.05, 3.63) is 23.9 Å². The molecule has 1 fully saturated rings. The molecule has 6 heteroatoms. The summed E-state index contributed by atoms with van der Waals surface area (Å²) in [7, 11) is 0. The van der Waals surface area contributed by atoms with Gasteiger partial charge in [-0.2, -0.15) is 5.26 Å². The Morgan fingerprint density at radius 3 is 2.95 bits per heavy atom. The number of rotatable bonds is 2. The van der Waals surface area contributed by atoms with E-state index in [0.29, 0.717) is 24.5 Å². The number of amides is 1. The number of carbonyl (C=O) groups excluding carboxylic acids is 1. The first-order valence-electron chi connectivity index (χ1n) is 7.39. The van der Waals surface area contributed by atoms with E-state index in [2.05, 4.69) is 11.1 Å². The average Bonchev–Trinajstić information content (AvgIpc) is 2.46. The minimum Gasteiger partial charge on any atom is -0.472 e. The quantitative estimate of drug-likeness (QED) is 0.839. The van der Waals surface area contributed by atoms with E-state index in [1.54, 1.807) is 23.2 Å². The Kier molecular flexibility index (Phi) is 4.86. The van der Waals surface area contributed by atoms with E-state index in [1.165, 1.54) is 0 Å². The Labute approximate surface area is 130 Å². The number of aromatic nitrogens is 1. The minimum absolute atomic E-state index is 0.178. The van der Waals surface area contributed by atoms with Gasteiger partial charge in [-0.1, -0.05) is 0 Å². The monoisotopic (exact) mass is 303 g/mol. The fraction of sp³-hybridized carbons (Fsp3) is 0.562. The average molecular weight is 303 g/mol. The number of carbonyl (C=O) groups is 1. The van der Waals surface area contributed by atoms with Gasteiger partial charge in [0.2, 0.25) is 5.88 Å². The third kappa shape index (κ3) is 4.35. The molecule has 22 heavy (non-hydrogen) atoms. The highest BCUT2D eigenvalue weighted by molar-refractivity contribution is 5.68. The molecule has 118 valence electrons. The van der Waals surface area contributed by atoms with Crippen LogP contribution in [-0.2, 0) is 4.74 Å². The van der Waals surface area contributed by atoms with Crippen LogP contribution in [0.3, 0.4) is 0 Å². The van der Waals surface area contributed by atoms with Crippen molar-refractivity contribution in [2.45, 2.75) is 45.3 Å². The van der Waals surface area contributed by atoms with Gasteiger partial charge in [0.05, 0.1) is 6.54 Å². The number of ether oxygens (including phenoxy) is 2. The fourth-order valence-corrected chi connectivity index (χ4v) is 2.25. The smallest absolute Gasteiger partial charge is 0.410 e. The lowest BCUT2D eigenvalue weighted by Gasteiger charge is -2.34. The first-order valence-corrected chi connectivity index (χ1v) is 7.39. The SMILES string of the molecule is CC(C)(C)OC(=O)N1CCC[C@H](Oc2ncccc2C#N)C1. The summed E-state index contributed by atoms with van der Waals surface area (Å²) in [5, 5.41) is 9.06. The first-order chi connectivity index (χ1) is 10.4. The van der Waals surface area contributed by atoms with E-state index in [0.717, 1.165) is 12.8 Å². The molecule has 1 aromatic heterocycles. The fourth-order valence-electron chi connectivity index (χ4n) is 2.25. The van der Waals surface area contributed by atoms with E-state index in [9.17, 15) is 4.79 Å². The van der Waals surface area contributed by atoms with E-state index in [4.69, 9.17) is 14.7 Å². The van der Waals surface area contributed by atoms with Crippen molar-refractivity contribution in [2.75, 3.05) is 13.1 Å². The van der Waals surface area contributed by atoms with Gasteiger partial charge in [0, 0.05) is 12.7 Å². The zero-order valence-corrected chi connectivity index (χ0v) is 13.2. The molecule has 1 atom stereocenters. The van der Waals surface area contributed by atoms with Crippen LogP contribution in [0.15, 0.2) is 18.3 Å². The number of hydrogen-bond donors (Lipinski definition) is 0. The van der Waals surface area contributed by atoms with Crippen molar-refractivity contribution in [1.29, 1.82) is 5.26 Å². The van der Waals surface area contributed by atoms with Gasteiger partial charge < -0.3 is 14.4 Å². The molecule has 6 nitrogen and oxygen atoms in total. The Morgan fingerprint density at radius 2 is 2.27 bits per heavy atom. The predicted octanol–water partition coefficient (Wildman–Crippen LogP) is 2.73. The largest absolute Gasteiger partial charge is 0.472 e. The zero-order chi connectivity index (χ0) is 16.2. The number of likely N-dealkylation sites (tertiary alicyclic amines) is 1. The molecule has 1 amide bonds. The van der Waals surface area contributed by atoms with E-state index in [-0.39, 0.29) is 12.2 Å². The first kappa shape index (κ1) is 16.1. The van der Waals surface area contributed by atoms with Crippen LogP contribution in [0.4, 0.5) is 4.79 Å². The number of piperidine rings is 1. The summed E-state index contributed by atoms with van der Waals surface area (Å²) in [4.78, 5) is 17.9. The molecule has 1 saturated heterocycles. The summed E-state index contributed by atoms with van der Waals surface area (Å²) < 4.78 is 11.2. The normalized spacial score (nSPS) is 18.5. The van der Waals surface area contributed by atoms with Crippen LogP contribution in [0.25, 0.3) is 0 Å². The number of hydrogen-bond acceptors (Lipinski definition) is 5. The standard InChI is InChI=1S/C16H21N3O3/c1-16(2,3)22-15(20)19-9-5-7-13(11-19)21-14-12(10-17)6-4-8-18-14/h4,6,8,13H,5,7,9,11H2,1-3H3/t13-/m0/s1. The highest BCUT2D eigenvalue weighted by atomic mass is 16.6. The van der Waals surface area contributed by atoms with Gasteiger partial charge in [-0.25, -0.2) is 9.78 Å². The van der Waals surface area contributed by atoms with Gasteiger partial charge in [-0.3, -0.25) is 0 Å². The molecule has 1 aliphatic heterocycles. The Morgan fingerprint density at radius 1 is 1.50 bits per heavy atom. The highest BCUT2D eigenvalue weighted by Crippen LogP contribution is 2.21. The summed E-state index contributed by atoms with van der Waals surface area (Å²) in [6.07, 6.45) is 2.73. The molecule has 0 saturated carbocycles. The topological polar surface area (TPSA) is 75.4 Å². The Balaban J connectivity index is 1.99. The lowest BCUT2D eigenvalue weighted by Crippen LogP contribution is -2.46. The van der Waals surface area contributed by atoms with Crippen LogP contribution < -0.4 is 4.74 Å². The van der Waals surface area contributed by atoms with E-state index < -0.39 is 5.60 Å². The predicted molar refractivity (Wildman–Crippen MR) is 80.4 cm³/mol. The lowest BCUT2D eigenvalue weighted by atomic mass is 10.1. The summed E-state index contributed by atoms with van der Waals surface area (Å²) in [5.41, 5.74) is -0.114. The lowest BCUT2D eigenvalue weighted by molar-refractivity contribution is 0.00719. The summed E-state index contributed by atoms with van der Waals surface area (Å²) in [5.74, 6) is 0.320. The molecule has 0 aromatic carbocycles. The van der Waals surface area contributed by atoms with Crippen molar-refractivity contribution >= 4 is 6.09 Å². The van der Waals surface area contributed by atoms with Crippen molar-refractivity contribution in [2.24, 2.45) is 0 Å². The third-order valence-corrected chi connectivity index (χ3v) is 3.20. The maximum absolute atomic E-state index is 12.1. The molecular formula is C16H21N3O3. The van der Waals surface area contributed by atoms with Gasteiger partial charge >= 0.3 is 6.09 Å². The molecule has 2 heterocycles. The van der Waals surface area contributed by atoms with E-state index in [1.807, 2.05) is 20.8 Å². The Bertz CT molecular complexity index is 575. The van der Waals surface area contributed by atoms with Crippen LogP contribution in [-0.4, -0.2) is 40.8 Å². The summed E-state index contributed by atoms with van der Waals surface area (Å²) >= 11 is 0. The van der Waals surface area contributed by atoms with Crippen LogP contribution in [0.5, 0.6) is 5.88 Å². The van der Waals surface area contributed by atoms with Gasteiger partial charge in [-0.05, 0) is 45.7 Å². The van der Waals surface area contributed by atoms with Crippen LogP contribution >= 0.6 is 0 Å². The van der Waals surface area contributed by atoms with E-state index >= 15 is 0 Å². The van der Waals surface area contributed by atoms with Crippen LogP contribution in [0.2, 0.25) is 0 Å². The summed E-state index contributed by atoms with van der Waals surface area (Å²) in [6, 6.07) is 5.41. The van der Waals surface area contributed by atoms with Crippen LogP contribution in [0.1, 0.15) is 39.2 Å². The van der Waals surface area contributed by atoms with Crippen molar-refractivity contribution in [1.82, 2.24) is 9.88 Å². The van der Waals surface area contributed by atoms with Crippen molar-refractivity contribution in [3.8, 4) is 11.9 Å². The highest BCUT2D eigenvalue weighted by Gasteiger charge is 2.29. The zero-order valence-electron chi connectivity index (χ0n) is 13.2. The number of nitriles is 1. The minimum atomic E-state index is -0.514. The van der Waals surface area contributed by atoms with Crippen molar-refractivity contribution in [3.63, 3.8) is 0 Å². The molecular weight excluding hydrogens is 282 g/mol. The second-order valence-corrected chi connectivity index (χ2v) is 6.28. The van der Waals surface area contributed by atoms with Crippen molar-refractivity contribution < 1.29 is 14.3 Å². The van der Waals surface area contributed by atoms with Gasteiger partial charge in [0.15, 0.2) is 0 Å².